The van der Waals surface area contributed by atoms with E-state index in [1.165, 1.54) is 4.90 Å². The van der Waals surface area contributed by atoms with Gasteiger partial charge in [0, 0.05) is 5.02 Å². The molecule has 0 N–H and O–H groups in total. The Morgan fingerprint density at radius 1 is 0.500 bits per heavy atom. The van der Waals surface area contributed by atoms with Crippen molar-refractivity contribution in [1.82, 2.24) is 0 Å². The summed E-state index contributed by atoms with van der Waals surface area (Å²) in [6.45, 7) is 0. The van der Waals surface area contributed by atoms with Crippen LogP contribution in [0.1, 0.15) is 22.3 Å². The van der Waals surface area contributed by atoms with E-state index < -0.39 is 34.5 Å². The lowest BCUT2D eigenvalue weighted by Gasteiger charge is -2.39. The third-order valence-electron chi connectivity index (χ3n) is 9.64. The van der Waals surface area contributed by atoms with E-state index in [2.05, 4.69) is 0 Å². The van der Waals surface area contributed by atoms with E-state index in [1.54, 1.807) is 24.3 Å². The van der Waals surface area contributed by atoms with Crippen molar-refractivity contribution in [3.63, 3.8) is 0 Å². The van der Waals surface area contributed by atoms with Crippen molar-refractivity contribution in [3.05, 3.63) is 173 Å². The molecular formula is C39H26ClNO3. The normalized spacial score (nSPS) is 25.6. The van der Waals surface area contributed by atoms with Crippen LogP contribution < -0.4 is 4.90 Å². The Morgan fingerprint density at radius 3 is 1.32 bits per heavy atom. The Labute approximate surface area is 260 Å². The lowest BCUT2D eigenvalue weighted by atomic mass is 9.59. The van der Waals surface area contributed by atoms with Gasteiger partial charge in [0.05, 0.1) is 28.4 Å². The zero-order valence-corrected chi connectivity index (χ0v) is 24.3. The molecule has 2 amide bonds. The van der Waals surface area contributed by atoms with E-state index in [-0.39, 0.29) is 5.78 Å². The largest absolute Gasteiger partial charge is 0.297 e. The standard InChI is InChI=1S/C39H26ClNO3/c40-29-22-13-23-30(24-29)41-35(42)33-34(36(41)43)39(28-20-11-4-12-21-28)32(26-16-7-2-8-17-26)31(25-14-5-1-6-15-25)38(33,37(39)44)27-18-9-3-10-19-27/h1-24,33-34H. The number of Topliss-reactive ketones (excluding diaryl/α,β-unsaturated/α-hetero) is 1. The van der Waals surface area contributed by atoms with Crippen LogP contribution in [0, 0.1) is 11.8 Å². The summed E-state index contributed by atoms with van der Waals surface area (Å²) in [5.74, 6) is -2.85. The van der Waals surface area contributed by atoms with Crippen molar-refractivity contribution in [3.8, 4) is 0 Å². The van der Waals surface area contributed by atoms with Crippen LogP contribution in [0.15, 0.2) is 146 Å². The fraction of sp³-hybridized carbons (Fsp3) is 0.103. The van der Waals surface area contributed by atoms with E-state index in [4.69, 9.17) is 11.6 Å². The Bertz CT molecular complexity index is 1870. The summed E-state index contributed by atoms with van der Waals surface area (Å²) < 4.78 is 0. The molecular weight excluding hydrogens is 566 g/mol. The maximum Gasteiger partial charge on any atom is 0.239 e. The molecule has 5 aromatic rings. The van der Waals surface area contributed by atoms with Crippen molar-refractivity contribution in [2.45, 2.75) is 10.8 Å². The molecule has 5 aromatic carbocycles. The molecule has 0 aromatic heterocycles. The Morgan fingerprint density at radius 2 is 0.909 bits per heavy atom. The molecule has 1 saturated carbocycles. The van der Waals surface area contributed by atoms with E-state index in [1.807, 2.05) is 121 Å². The number of benzene rings is 5. The van der Waals surface area contributed by atoms with Gasteiger partial charge in [-0.2, -0.15) is 0 Å². The number of nitrogens with zero attached hydrogens (tertiary/aromatic N) is 1. The lowest BCUT2D eigenvalue weighted by molar-refractivity contribution is -0.130. The Kier molecular flexibility index (Phi) is 5.87. The predicted octanol–water partition coefficient (Wildman–Crippen LogP) is 7.53. The maximum absolute atomic E-state index is 15.8. The van der Waals surface area contributed by atoms with Gasteiger partial charge < -0.3 is 0 Å². The minimum Gasteiger partial charge on any atom is -0.297 e. The van der Waals surface area contributed by atoms with Gasteiger partial charge in [-0.3, -0.25) is 14.4 Å². The first-order valence-electron chi connectivity index (χ1n) is 14.7. The Hall–Kier alpha value is -5.06. The van der Waals surface area contributed by atoms with Gasteiger partial charge in [-0.05, 0) is 51.6 Å². The highest BCUT2D eigenvalue weighted by Gasteiger charge is 2.82. The van der Waals surface area contributed by atoms with Gasteiger partial charge in [-0.15, -0.1) is 0 Å². The van der Waals surface area contributed by atoms with Gasteiger partial charge in [0.25, 0.3) is 0 Å². The molecule has 44 heavy (non-hydrogen) atoms. The third kappa shape index (κ3) is 3.26. The molecule has 5 heteroatoms. The van der Waals surface area contributed by atoms with Crippen molar-refractivity contribution < 1.29 is 14.4 Å². The molecule has 0 spiro atoms. The second-order valence-electron chi connectivity index (χ2n) is 11.6. The SMILES string of the molecule is O=C1C2C(C(=O)N1c1cccc(Cl)c1)C1(c3ccccc3)C(=O)C2(c2ccccc2)C(c2ccccc2)=C1c1ccccc1. The predicted molar refractivity (Wildman–Crippen MR) is 172 cm³/mol. The van der Waals surface area contributed by atoms with E-state index in [0.717, 1.165) is 22.3 Å². The second-order valence-corrected chi connectivity index (χ2v) is 12.0. The second kappa shape index (κ2) is 9.73. The average molecular weight is 592 g/mol. The zero-order chi connectivity index (χ0) is 30.1. The number of carbonyl (C=O) groups is 3. The smallest absolute Gasteiger partial charge is 0.239 e. The van der Waals surface area contributed by atoms with Crippen LogP contribution in [-0.2, 0) is 25.2 Å². The number of halogens is 1. The Balaban J connectivity index is 1.56. The van der Waals surface area contributed by atoms with Gasteiger partial charge in [0.2, 0.25) is 11.8 Å². The molecule has 212 valence electrons. The van der Waals surface area contributed by atoms with Crippen molar-refractivity contribution >= 4 is 46.0 Å². The summed E-state index contributed by atoms with van der Waals surface area (Å²) in [5, 5.41) is 0.419. The summed E-state index contributed by atoms with van der Waals surface area (Å²) in [5.41, 5.74) is 2.22. The highest BCUT2D eigenvalue weighted by atomic mass is 35.5. The summed E-state index contributed by atoms with van der Waals surface area (Å²) in [6, 6.07) is 45.6. The first-order valence-corrected chi connectivity index (χ1v) is 15.1. The van der Waals surface area contributed by atoms with E-state index in [0.29, 0.717) is 21.8 Å². The van der Waals surface area contributed by atoms with Gasteiger partial charge in [0.15, 0.2) is 5.78 Å². The van der Waals surface area contributed by atoms with Crippen LogP contribution in [-0.4, -0.2) is 17.6 Å². The van der Waals surface area contributed by atoms with E-state index >= 15 is 4.79 Å². The van der Waals surface area contributed by atoms with Crippen molar-refractivity contribution in [2.24, 2.45) is 11.8 Å². The van der Waals surface area contributed by atoms with Gasteiger partial charge >= 0.3 is 0 Å². The monoisotopic (exact) mass is 591 g/mol. The van der Waals surface area contributed by atoms with Gasteiger partial charge in [-0.1, -0.05) is 139 Å². The number of fused-ring (bicyclic) bond motifs is 5. The number of hydrogen-bond donors (Lipinski definition) is 0. The highest BCUT2D eigenvalue weighted by molar-refractivity contribution is 6.39. The maximum atomic E-state index is 15.8. The minimum atomic E-state index is -1.42. The number of hydrogen-bond acceptors (Lipinski definition) is 3. The number of allylic oxidation sites excluding steroid dienone is 2. The molecule has 4 atom stereocenters. The fourth-order valence-electron chi connectivity index (χ4n) is 8.20. The van der Waals surface area contributed by atoms with Crippen LogP contribution in [0.5, 0.6) is 0 Å². The first kappa shape index (κ1) is 26.6. The van der Waals surface area contributed by atoms with Crippen LogP contribution in [0.3, 0.4) is 0 Å². The first-order chi connectivity index (χ1) is 21.5. The molecule has 3 aliphatic rings. The molecule has 2 fully saturated rings. The molecule has 4 unspecified atom stereocenters. The molecule has 1 saturated heterocycles. The number of carbonyl (C=O) groups excluding carboxylic acids is 3. The number of amides is 2. The van der Waals surface area contributed by atoms with Crippen molar-refractivity contribution in [1.29, 1.82) is 0 Å². The molecule has 1 aliphatic heterocycles. The van der Waals surface area contributed by atoms with Gasteiger partial charge in [0.1, 0.15) is 0 Å². The molecule has 1 heterocycles. The molecule has 8 rings (SSSR count). The lowest BCUT2D eigenvalue weighted by Crippen LogP contribution is -2.45. The fourth-order valence-corrected chi connectivity index (χ4v) is 8.39. The average Bonchev–Trinajstić information content (AvgIpc) is 3.58. The van der Waals surface area contributed by atoms with Crippen molar-refractivity contribution in [2.75, 3.05) is 4.90 Å². The number of ketones is 1. The number of rotatable bonds is 5. The summed E-state index contributed by atoms with van der Waals surface area (Å²) in [4.78, 5) is 46.9. The topological polar surface area (TPSA) is 54.5 Å². The molecule has 4 nitrogen and oxygen atoms in total. The summed E-state index contributed by atoms with van der Waals surface area (Å²) in [6.07, 6.45) is 0. The molecule has 0 radical (unpaired) electrons. The minimum absolute atomic E-state index is 0.137. The quantitative estimate of drug-likeness (QED) is 0.199. The van der Waals surface area contributed by atoms with Crippen LogP contribution in [0.2, 0.25) is 5.02 Å². The highest BCUT2D eigenvalue weighted by Crippen LogP contribution is 2.74. The number of imide groups is 1. The summed E-state index contributed by atoms with van der Waals surface area (Å²) in [7, 11) is 0. The zero-order valence-electron chi connectivity index (χ0n) is 23.6. The van der Waals surface area contributed by atoms with Crippen LogP contribution >= 0.6 is 11.6 Å². The van der Waals surface area contributed by atoms with Gasteiger partial charge in [-0.25, -0.2) is 4.90 Å². The van der Waals surface area contributed by atoms with E-state index in [9.17, 15) is 9.59 Å². The van der Waals surface area contributed by atoms with Crippen LogP contribution in [0.25, 0.3) is 11.1 Å². The molecule has 2 aliphatic carbocycles. The summed E-state index contributed by atoms with van der Waals surface area (Å²) >= 11 is 6.37. The third-order valence-corrected chi connectivity index (χ3v) is 9.88. The number of anilines is 1. The van der Waals surface area contributed by atoms with Crippen LogP contribution in [0.4, 0.5) is 5.69 Å². The molecule has 2 bridgehead atoms.